The molecule has 1 aliphatic heterocycles. The number of fused-ring (bicyclic) bond motifs is 3. The number of hydrogen-bond donors (Lipinski definition) is 1. The second-order valence-corrected chi connectivity index (χ2v) is 11.1. The number of carbonyl (C=O) groups is 4. The molecule has 1 heterocycles. The molecule has 7 nitrogen and oxygen atoms in total. The van der Waals surface area contributed by atoms with E-state index in [1.54, 1.807) is 12.1 Å². The number of aliphatic hydroxyl groups excluding tert-OH is 1. The van der Waals surface area contributed by atoms with Crippen molar-refractivity contribution in [2.45, 2.75) is 25.3 Å². The van der Waals surface area contributed by atoms with Gasteiger partial charge in [0.2, 0.25) is 11.8 Å². The van der Waals surface area contributed by atoms with Crippen LogP contribution in [0.25, 0.3) is 0 Å². The number of aliphatic hydroxyl groups is 1. The number of ether oxygens (including phenoxy) is 1. The van der Waals surface area contributed by atoms with E-state index in [0.717, 1.165) is 16.7 Å². The van der Waals surface area contributed by atoms with E-state index in [0.29, 0.717) is 23.3 Å². The molecule has 6 rings (SSSR count). The van der Waals surface area contributed by atoms with E-state index in [9.17, 15) is 19.2 Å². The van der Waals surface area contributed by atoms with Crippen LogP contribution in [0, 0.1) is 17.8 Å². The smallest absolute Gasteiger partial charge is 0.234 e. The Balaban J connectivity index is 1.40. The van der Waals surface area contributed by atoms with Gasteiger partial charge in [0.25, 0.3) is 0 Å². The van der Waals surface area contributed by atoms with Crippen molar-refractivity contribution in [1.29, 1.82) is 0 Å². The van der Waals surface area contributed by atoms with Gasteiger partial charge in [0.1, 0.15) is 12.4 Å². The van der Waals surface area contributed by atoms with Crippen LogP contribution in [-0.2, 0) is 25.7 Å². The molecule has 1 fully saturated rings. The van der Waals surface area contributed by atoms with Crippen molar-refractivity contribution in [2.24, 2.45) is 17.8 Å². The van der Waals surface area contributed by atoms with Gasteiger partial charge in [-0.3, -0.25) is 24.1 Å². The number of hydrogen-bond acceptors (Lipinski definition) is 6. The molecule has 198 valence electrons. The van der Waals surface area contributed by atoms with Crippen LogP contribution in [-0.4, -0.2) is 46.6 Å². The molecular formula is C31H26BrNO6. The lowest BCUT2D eigenvalue weighted by Gasteiger charge is -2.42. The number of amides is 2. The fraction of sp³-hybridized carbons (Fsp3) is 0.290. The monoisotopic (exact) mass is 587 g/mol. The Labute approximate surface area is 234 Å². The first kappa shape index (κ1) is 25.6. The Hall–Kier alpha value is -3.62. The van der Waals surface area contributed by atoms with Crippen LogP contribution in [0.1, 0.15) is 29.9 Å². The maximum atomic E-state index is 13.8. The van der Waals surface area contributed by atoms with Gasteiger partial charge in [-0.1, -0.05) is 54.1 Å². The third-order valence-corrected chi connectivity index (χ3v) is 8.77. The van der Waals surface area contributed by atoms with Gasteiger partial charge in [0.05, 0.1) is 29.5 Å². The number of nitrogens with zero attached hydrogens (tertiary/aromatic N) is 1. The second kappa shape index (κ2) is 10.2. The number of rotatable bonds is 6. The van der Waals surface area contributed by atoms with Crippen molar-refractivity contribution in [3.63, 3.8) is 0 Å². The SMILES string of the molecule is O=C1C=C(Br)C(=O)C2=C1[C@@H](c1ccc(OCCO)cc1)C1=CC[C@@H]3C(=O)N(Cc4ccccc4)C(=O)[C@@H]3[C@@H]1C2. The van der Waals surface area contributed by atoms with Gasteiger partial charge in [-0.25, -0.2) is 0 Å². The van der Waals surface area contributed by atoms with Gasteiger partial charge < -0.3 is 9.84 Å². The Kier molecular flexibility index (Phi) is 6.69. The van der Waals surface area contributed by atoms with Crippen molar-refractivity contribution in [1.82, 2.24) is 4.90 Å². The van der Waals surface area contributed by atoms with E-state index in [4.69, 9.17) is 9.84 Å². The Morgan fingerprint density at radius 2 is 1.69 bits per heavy atom. The molecular weight excluding hydrogens is 562 g/mol. The number of halogens is 1. The molecule has 2 aromatic rings. The molecule has 0 radical (unpaired) electrons. The molecule has 0 aromatic heterocycles. The minimum atomic E-state index is -0.586. The summed E-state index contributed by atoms with van der Waals surface area (Å²) < 4.78 is 5.71. The predicted octanol–water partition coefficient (Wildman–Crippen LogP) is 4.02. The average Bonchev–Trinajstić information content (AvgIpc) is 3.19. The Morgan fingerprint density at radius 1 is 0.949 bits per heavy atom. The first-order valence-corrected chi connectivity index (χ1v) is 13.8. The molecule has 1 N–H and O–H groups in total. The standard InChI is InChI=1S/C31H26BrNO6/c32-24-15-25(35)28-23(29(24)36)14-22-20(26(28)18-6-8-19(9-7-18)39-13-12-34)10-11-21-27(22)31(38)33(30(21)37)16-17-4-2-1-3-5-17/h1-10,15,21-22,26-27,34H,11-14,16H2/t21-,22+,26-,27-/m0/s1. The van der Waals surface area contributed by atoms with Gasteiger partial charge in [-0.15, -0.1) is 0 Å². The third-order valence-electron chi connectivity index (χ3n) is 8.18. The molecule has 2 amide bonds. The quantitative estimate of drug-likeness (QED) is 0.311. The highest BCUT2D eigenvalue weighted by atomic mass is 79.9. The van der Waals surface area contributed by atoms with Crippen molar-refractivity contribution < 1.29 is 29.0 Å². The summed E-state index contributed by atoms with van der Waals surface area (Å²) in [5, 5.41) is 9.06. The Morgan fingerprint density at radius 3 is 2.41 bits per heavy atom. The minimum Gasteiger partial charge on any atom is -0.491 e. The summed E-state index contributed by atoms with van der Waals surface area (Å²) in [5.74, 6) is -2.26. The van der Waals surface area contributed by atoms with Crippen LogP contribution in [0.3, 0.4) is 0 Å². The van der Waals surface area contributed by atoms with E-state index >= 15 is 0 Å². The van der Waals surface area contributed by atoms with Crippen LogP contribution in [0.5, 0.6) is 5.75 Å². The number of benzene rings is 2. The van der Waals surface area contributed by atoms with E-state index in [-0.39, 0.29) is 60.0 Å². The summed E-state index contributed by atoms with van der Waals surface area (Å²) in [5.41, 5.74) is 3.44. The lowest BCUT2D eigenvalue weighted by molar-refractivity contribution is -0.140. The number of ketones is 2. The summed E-state index contributed by atoms with van der Waals surface area (Å²) in [7, 11) is 0. The molecule has 0 saturated carbocycles. The van der Waals surface area contributed by atoms with Crippen LogP contribution in [0.15, 0.2) is 88.0 Å². The zero-order valence-corrected chi connectivity index (χ0v) is 22.6. The van der Waals surface area contributed by atoms with Crippen LogP contribution in [0.2, 0.25) is 0 Å². The van der Waals surface area contributed by atoms with Gasteiger partial charge in [0.15, 0.2) is 11.6 Å². The first-order chi connectivity index (χ1) is 18.9. The lowest BCUT2D eigenvalue weighted by Crippen LogP contribution is -2.39. The molecule has 0 spiro atoms. The fourth-order valence-electron chi connectivity index (χ4n) is 6.49. The molecule has 1 saturated heterocycles. The van der Waals surface area contributed by atoms with Crippen LogP contribution < -0.4 is 4.74 Å². The largest absolute Gasteiger partial charge is 0.491 e. The highest BCUT2D eigenvalue weighted by molar-refractivity contribution is 9.12. The van der Waals surface area contributed by atoms with E-state index < -0.39 is 17.8 Å². The van der Waals surface area contributed by atoms with Crippen LogP contribution in [0.4, 0.5) is 0 Å². The summed E-state index contributed by atoms with van der Waals surface area (Å²) >= 11 is 3.25. The highest BCUT2D eigenvalue weighted by Gasteiger charge is 2.56. The second-order valence-electron chi connectivity index (χ2n) is 10.3. The van der Waals surface area contributed by atoms with E-state index in [1.807, 2.05) is 48.5 Å². The van der Waals surface area contributed by atoms with E-state index in [1.165, 1.54) is 11.0 Å². The average molecular weight is 588 g/mol. The molecule has 2 aromatic carbocycles. The molecule has 8 heteroatoms. The molecule has 0 bridgehead atoms. The topological polar surface area (TPSA) is 101 Å². The van der Waals surface area contributed by atoms with E-state index in [2.05, 4.69) is 15.9 Å². The molecule has 39 heavy (non-hydrogen) atoms. The lowest BCUT2D eigenvalue weighted by atomic mass is 9.59. The van der Waals surface area contributed by atoms with Crippen LogP contribution >= 0.6 is 15.9 Å². The normalized spacial score (nSPS) is 26.2. The Bertz CT molecular complexity index is 1470. The number of allylic oxidation sites excluding steroid dienone is 6. The highest BCUT2D eigenvalue weighted by Crippen LogP contribution is 2.55. The maximum absolute atomic E-state index is 13.8. The van der Waals surface area contributed by atoms with Crippen molar-refractivity contribution >= 4 is 39.3 Å². The summed E-state index contributed by atoms with van der Waals surface area (Å²) in [6, 6.07) is 16.7. The summed E-state index contributed by atoms with van der Waals surface area (Å²) in [6.07, 6.45) is 3.98. The third kappa shape index (κ3) is 4.32. The number of Topliss-reactive ketones (excluding diaryl/α,β-unsaturated/α-hetero) is 1. The van der Waals surface area contributed by atoms with Gasteiger partial charge in [0, 0.05) is 23.1 Å². The minimum absolute atomic E-state index is 0.108. The fourth-order valence-corrected chi connectivity index (χ4v) is 6.94. The molecule has 4 atom stereocenters. The molecule has 0 unspecified atom stereocenters. The van der Waals surface area contributed by atoms with Crippen molar-refractivity contribution in [2.75, 3.05) is 13.2 Å². The van der Waals surface area contributed by atoms with Gasteiger partial charge in [-0.05, 0) is 57.9 Å². The maximum Gasteiger partial charge on any atom is 0.234 e. The zero-order chi connectivity index (χ0) is 27.3. The first-order valence-electron chi connectivity index (χ1n) is 13.0. The van der Waals surface area contributed by atoms with Crippen molar-refractivity contribution in [3.05, 3.63) is 99.1 Å². The number of imide groups is 1. The summed E-state index contributed by atoms with van der Waals surface area (Å²) in [6.45, 7) is 0.269. The number of likely N-dealkylation sites (tertiary alicyclic amines) is 1. The molecule has 3 aliphatic carbocycles. The van der Waals surface area contributed by atoms with Gasteiger partial charge >= 0.3 is 0 Å². The zero-order valence-electron chi connectivity index (χ0n) is 21.0. The number of carbonyl (C=O) groups excluding carboxylic acids is 4. The summed E-state index contributed by atoms with van der Waals surface area (Å²) in [4.78, 5) is 55.3. The van der Waals surface area contributed by atoms with Gasteiger partial charge in [-0.2, -0.15) is 0 Å². The predicted molar refractivity (Wildman–Crippen MR) is 146 cm³/mol. The van der Waals surface area contributed by atoms with Crippen molar-refractivity contribution in [3.8, 4) is 5.75 Å². The molecule has 4 aliphatic rings.